The van der Waals surface area contributed by atoms with Crippen LogP contribution in [0.3, 0.4) is 0 Å². The second-order valence-electron chi connectivity index (χ2n) is 9.59. The SMILES string of the molecule is CC1CCN(c2cccc(NS(=O)(=O)c3ccccc3Nc3ncc(F)c(Nc4ccc(Cl)c(Cl)c4)n3)c2)CC1. The van der Waals surface area contributed by atoms with Crippen LogP contribution in [0.25, 0.3) is 0 Å². The van der Waals surface area contributed by atoms with E-state index in [4.69, 9.17) is 23.2 Å². The van der Waals surface area contributed by atoms with Gasteiger partial charge in [-0.2, -0.15) is 4.98 Å². The zero-order valence-corrected chi connectivity index (χ0v) is 23.9. The highest BCUT2D eigenvalue weighted by Gasteiger charge is 2.21. The molecule has 1 aromatic heterocycles. The van der Waals surface area contributed by atoms with Gasteiger partial charge in [0, 0.05) is 24.5 Å². The summed E-state index contributed by atoms with van der Waals surface area (Å²) in [5.74, 6) is -0.150. The van der Waals surface area contributed by atoms with Crippen molar-refractivity contribution in [3.05, 3.63) is 88.8 Å². The van der Waals surface area contributed by atoms with Crippen molar-refractivity contribution in [1.29, 1.82) is 0 Å². The second kappa shape index (κ2) is 11.9. The molecule has 2 heterocycles. The fourth-order valence-corrected chi connectivity index (χ4v) is 5.90. The minimum Gasteiger partial charge on any atom is -0.371 e. The fraction of sp³-hybridized carbons (Fsp3) is 0.214. The number of halogens is 3. The first-order valence-electron chi connectivity index (χ1n) is 12.7. The van der Waals surface area contributed by atoms with Crippen molar-refractivity contribution in [3.63, 3.8) is 0 Å². The maximum atomic E-state index is 14.5. The summed E-state index contributed by atoms with van der Waals surface area (Å²) < 4.78 is 44.1. The van der Waals surface area contributed by atoms with E-state index < -0.39 is 15.8 Å². The number of aromatic nitrogens is 2. The number of nitrogens with zero attached hydrogens (tertiary/aromatic N) is 3. The summed E-state index contributed by atoms with van der Waals surface area (Å²) in [6, 6.07) is 18.5. The number of para-hydroxylation sites is 1. The second-order valence-corrected chi connectivity index (χ2v) is 12.1. The molecule has 1 aliphatic heterocycles. The van der Waals surface area contributed by atoms with Crippen LogP contribution in [0.2, 0.25) is 10.0 Å². The summed E-state index contributed by atoms with van der Waals surface area (Å²) >= 11 is 12.0. The first kappa shape index (κ1) is 27.9. The van der Waals surface area contributed by atoms with Gasteiger partial charge < -0.3 is 15.5 Å². The predicted octanol–water partition coefficient (Wildman–Crippen LogP) is 7.45. The Hall–Kier alpha value is -3.60. The molecule has 5 rings (SSSR count). The van der Waals surface area contributed by atoms with Crippen molar-refractivity contribution >= 4 is 67.7 Å². The molecule has 0 spiro atoms. The van der Waals surface area contributed by atoms with Gasteiger partial charge in [-0.25, -0.2) is 17.8 Å². The molecular formula is C28H27Cl2FN6O2S. The van der Waals surface area contributed by atoms with E-state index in [0.717, 1.165) is 37.8 Å². The van der Waals surface area contributed by atoms with E-state index in [1.165, 1.54) is 12.1 Å². The number of nitrogens with one attached hydrogen (secondary N) is 3. The van der Waals surface area contributed by atoms with E-state index in [0.29, 0.717) is 27.3 Å². The summed E-state index contributed by atoms with van der Waals surface area (Å²) in [6.45, 7) is 4.12. The summed E-state index contributed by atoms with van der Waals surface area (Å²) in [7, 11) is -4.00. The lowest BCUT2D eigenvalue weighted by molar-refractivity contribution is 0.438. The molecule has 1 saturated heterocycles. The topological polar surface area (TPSA) is 99.3 Å². The van der Waals surface area contributed by atoms with E-state index in [2.05, 4.69) is 37.1 Å². The van der Waals surface area contributed by atoms with Crippen LogP contribution in [0.5, 0.6) is 0 Å². The average Bonchev–Trinajstić information content (AvgIpc) is 2.93. The molecule has 1 aliphatic rings. The van der Waals surface area contributed by atoms with E-state index in [1.807, 2.05) is 18.2 Å². The van der Waals surface area contributed by atoms with Crippen molar-refractivity contribution in [2.24, 2.45) is 5.92 Å². The lowest BCUT2D eigenvalue weighted by Crippen LogP contribution is -2.32. The third-order valence-electron chi connectivity index (χ3n) is 6.60. The van der Waals surface area contributed by atoms with Crippen LogP contribution in [0.15, 0.2) is 77.8 Å². The smallest absolute Gasteiger partial charge is 0.263 e. The third kappa shape index (κ3) is 6.57. The Kier molecular flexibility index (Phi) is 8.30. The molecule has 0 amide bonds. The van der Waals surface area contributed by atoms with Crippen molar-refractivity contribution < 1.29 is 12.8 Å². The van der Waals surface area contributed by atoms with Crippen molar-refractivity contribution in [1.82, 2.24) is 9.97 Å². The maximum absolute atomic E-state index is 14.5. The number of piperidine rings is 1. The Balaban J connectivity index is 1.36. The van der Waals surface area contributed by atoms with Gasteiger partial charge in [0.2, 0.25) is 5.95 Å². The Morgan fingerprint density at radius 3 is 2.48 bits per heavy atom. The average molecular weight is 602 g/mol. The van der Waals surface area contributed by atoms with Gasteiger partial charge in [0.05, 0.1) is 27.6 Å². The summed E-state index contributed by atoms with van der Waals surface area (Å²) in [5.41, 5.74) is 2.12. The monoisotopic (exact) mass is 600 g/mol. The lowest BCUT2D eigenvalue weighted by atomic mass is 9.99. The van der Waals surface area contributed by atoms with E-state index >= 15 is 0 Å². The number of hydrogen-bond donors (Lipinski definition) is 3. The van der Waals surface area contributed by atoms with E-state index in [-0.39, 0.29) is 22.3 Å². The predicted molar refractivity (Wildman–Crippen MR) is 159 cm³/mol. The van der Waals surface area contributed by atoms with Gasteiger partial charge in [0.25, 0.3) is 10.0 Å². The van der Waals surface area contributed by atoms with E-state index in [9.17, 15) is 12.8 Å². The first-order chi connectivity index (χ1) is 19.2. The largest absolute Gasteiger partial charge is 0.371 e. The van der Waals surface area contributed by atoms with Crippen molar-refractivity contribution in [2.45, 2.75) is 24.7 Å². The van der Waals surface area contributed by atoms with Gasteiger partial charge in [-0.1, -0.05) is 48.3 Å². The zero-order valence-electron chi connectivity index (χ0n) is 21.5. The molecule has 3 aromatic carbocycles. The standard InChI is InChI=1S/C28H27Cl2FN6O2S/c1-18-11-13-37(14-12-18)21-6-4-5-20(15-21)36-40(38,39)26-8-3-2-7-25(26)34-28-32-17-24(31)27(35-28)33-19-9-10-22(29)23(30)16-19/h2-10,15-18,36H,11-14H2,1H3,(H2,32,33,34,35). The molecule has 8 nitrogen and oxygen atoms in total. The molecule has 3 N–H and O–H groups in total. The molecule has 0 radical (unpaired) electrons. The molecular weight excluding hydrogens is 574 g/mol. The molecule has 208 valence electrons. The quantitative estimate of drug-likeness (QED) is 0.193. The molecule has 12 heteroatoms. The van der Waals surface area contributed by atoms with Crippen molar-refractivity contribution in [3.8, 4) is 0 Å². The molecule has 0 unspecified atom stereocenters. The van der Waals surface area contributed by atoms with Gasteiger partial charge in [-0.15, -0.1) is 0 Å². The Bertz CT molecular complexity index is 1630. The van der Waals surface area contributed by atoms with Crippen LogP contribution >= 0.6 is 23.2 Å². The molecule has 0 saturated carbocycles. The molecule has 40 heavy (non-hydrogen) atoms. The minimum atomic E-state index is -4.00. The number of rotatable bonds is 8. The summed E-state index contributed by atoms with van der Waals surface area (Å²) in [5, 5.41) is 6.39. The number of sulfonamides is 1. The van der Waals surface area contributed by atoms with Crippen LogP contribution in [-0.2, 0) is 10.0 Å². The third-order valence-corrected chi connectivity index (χ3v) is 8.78. The molecule has 0 aliphatic carbocycles. The van der Waals surface area contributed by atoms with Crippen LogP contribution < -0.4 is 20.3 Å². The van der Waals surface area contributed by atoms with Crippen molar-refractivity contribution in [2.75, 3.05) is 33.3 Å². The molecule has 4 aromatic rings. The maximum Gasteiger partial charge on any atom is 0.263 e. The van der Waals surface area contributed by atoms with Gasteiger partial charge in [0.15, 0.2) is 11.6 Å². The highest BCUT2D eigenvalue weighted by atomic mass is 35.5. The Labute approximate surface area is 242 Å². The summed E-state index contributed by atoms with van der Waals surface area (Å²) in [6.07, 6.45) is 3.19. The lowest BCUT2D eigenvalue weighted by Gasteiger charge is -2.32. The van der Waals surface area contributed by atoms with Gasteiger partial charge in [-0.05, 0) is 67.3 Å². The Morgan fingerprint density at radius 2 is 1.70 bits per heavy atom. The minimum absolute atomic E-state index is 0.00654. The first-order valence-corrected chi connectivity index (χ1v) is 14.9. The van der Waals surface area contributed by atoms with Gasteiger partial charge in [0.1, 0.15) is 4.90 Å². The highest BCUT2D eigenvalue weighted by molar-refractivity contribution is 7.92. The summed E-state index contributed by atoms with van der Waals surface area (Å²) in [4.78, 5) is 10.4. The highest BCUT2D eigenvalue weighted by Crippen LogP contribution is 2.30. The molecule has 0 bridgehead atoms. The van der Waals surface area contributed by atoms with E-state index in [1.54, 1.807) is 36.4 Å². The van der Waals surface area contributed by atoms with Crippen LogP contribution in [0.4, 0.5) is 38.9 Å². The van der Waals surface area contributed by atoms with Gasteiger partial charge in [-0.3, -0.25) is 4.72 Å². The van der Waals surface area contributed by atoms with Crippen LogP contribution in [0, 0.1) is 11.7 Å². The van der Waals surface area contributed by atoms with Crippen LogP contribution in [-0.4, -0.2) is 31.5 Å². The number of hydrogen-bond acceptors (Lipinski definition) is 7. The Morgan fingerprint density at radius 1 is 0.925 bits per heavy atom. The molecule has 0 atom stereocenters. The van der Waals surface area contributed by atoms with Crippen LogP contribution in [0.1, 0.15) is 19.8 Å². The fourth-order valence-electron chi connectivity index (χ4n) is 4.39. The molecule has 1 fully saturated rings. The van der Waals surface area contributed by atoms with Gasteiger partial charge >= 0.3 is 0 Å². The number of benzene rings is 3. The zero-order chi connectivity index (χ0) is 28.3. The number of anilines is 6. The normalized spacial score (nSPS) is 14.2.